The smallest absolute Gasteiger partial charge is 0.395 e. The third-order valence-electron chi connectivity index (χ3n) is 3.09. The summed E-state index contributed by atoms with van der Waals surface area (Å²) >= 11 is 0. The number of para-hydroxylation sites is 1. The Labute approximate surface area is 128 Å². The van der Waals surface area contributed by atoms with E-state index in [9.17, 15) is 4.79 Å². The lowest BCUT2D eigenvalue weighted by Crippen LogP contribution is -2.13. The van der Waals surface area contributed by atoms with E-state index >= 15 is 0 Å². The van der Waals surface area contributed by atoms with E-state index in [-0.39, 0.29) is 0 Å². The minimum atomic E-state index is -0.753. The van der Waals surface area contributed by atoms with E-state index in [1.54, 1.807) is 30.3 Å². The van der Waals surface area contributed by atoms with Gasteiger partial charge in [-0.2, -0.15) is 0 Å². The predicted octanol–water partition coefficient (Wildman–Crippen LogP) is 4.93. The average molecular weight is 290 g/mol. The monoisotopic (exact) mass is 290 g/mol. The molecule has 0 aliphatic carbocycles. The second-order valence-corrected chi connectivity index (χ2v) is 4.66. The van der Waals surface area contributed by atoms with Crippen LogP contribution in [0.15, 0.2) is 84.9 Å². The summed E-state index contributed by atoms with van der Waals surface area (Å²) in [7, 11) is 0. The van der Waals surface area contributed by atoms with Crippen molar-refractivity contribution in [3.63, 3.8) is 0 Å². The molecular formula is C19H14O3. The van der Waals surface area contributed by atoms with Gasteiger partial charge in [-0.05, 0) is 35.4 Å². The van der Waals surface area contributed by atoms with Gasteiger partial charge in [0, 0.05) is 0 Å². The van der Waals surface area contributed by atoms with Gasteiger partial charge < -0.3 is 9.47 Å². The minimum absolute atomic E-state index is 0.447. The first-order valence-electron chi connectivity index (χ1n) is 6.91. The molecule has 0 unspecified atom stereocenters. The summed E-state index contributed by atoms with van der Waals surface area (Å²) in [4.78, 5) is 11.8. The van der Waals surface area contributed by atoms with Gasteiger partial charge in [-0.1, -0.05) is 60.7 Å². The molecule has 0 amide bonds. The SMILES string of the molecule is O=C(Oc1ccccc1)Oc1cccc(-c2ccccc2)c1. The van der Waals surface area contributed by atoms with Gasteiger partial charge in [0.05, 0.1) is 0 Å². The molecule has 3 aromatic rings. The van der Waals surface area contributed by atoms with E-state index in [2.05, 4.69) is 0 Å². The highest BCUT2D eigenvalue weighted by Crippen LogP contribution is 2.24. The molecule has 0 fully saturated rings. The standard InChI is InChI=1S/C19H14O3/c20-19(21-17-11-5-2-6-12-17)22-18-13-7-10-16(14-18)15-8-3-1-4-9-15/h1-14H. The molecule has 3 nitrogen and oxygen atoms in total. The van der Waals surface area contributed by atoms with Crippen LogP contribution in [0.2, 0.25) is 0 Å². The molecule has 0 heterocycles. The van der Waals surface area contributed by atoms with Crippen LogP contribution in [0.3, 0.4) is 0 Å². The van der Waals surface area contributed by atoms with Crippen molar-refractivity contribution in [2.24, 2.45) is 0 Å². The van der Waals surface area contributed by atoms with Crippen molar-refractivity contribution in [1.82, 2.24) is 0 Å². The average Bonchev–Trinajstić information content (AvgIpc) is 2.57. The summed E-state index contributed by atoms with van der Waals surface area (Å²) in [5.74, 6) is 0.897. The first-order valence-corrected chi connectivity index (χ1v) is 6.91. The lowest BCUT2D eigenvalue weighted by atomic mass is 10.1. The van der Waals surface area contributed by atoms with Crippen molar-refractivity contribution in [2.75, 3.05) is 0 Å². The Morgan fingerprint density at radius 3 is 1.86 bits per heavy atom. The number of carbonyl (C=O) groups excluding carboxylic acids is 1. The summed E-state index contributed by atoms with van der Waals surface area (Å²) < 4.78 is 10.3. The molecule has 0 N–H and O–H groups in total. The van der Waals surface area contributed by atoms with Gasteiger partial charge in [-0.15, -0.1) is 0 Å². The van der Waals surface area contributed by atoms with Crippen LogP contribution in [0.4, 0.5) is 4.79 Å². The maximum Gasteiger partial charge on any atom is 0.519 e. The van der Waals surface area contributed by atoms with Crippen LogP contribution in [-0.2, 0) is 0 Å². The molecule has 0 aromatic heterocycles. The topological polar surface area (TPSA) is 35.5 Å². The Bertz CT molecular complexity index is 752. The fraction of sp³-hybridized carbons (Fsp3) is 0. The van der Waals surface area contributed by atoms with Crippen molar-refractivity contribution in [3.8, 4) is 22.6 Å². The number of benzene rings is 3. The molecular weight excluding hydrogens is 276 g/mol. The third kappa shape index (κ3) is 3.52. The van der Waals surface area contributed by atoms with Crippen LogP contribution in [0.25, 0.3) is 11.1 Å². The number of hydrogen-bond acceptors (Lipinski definition) is 3. The summed E-state index contributed by atoms with van der Waals surface area (Å²) in [6, 6.07) is 26.0. The summed E-state index contributed by atoms with van der Waals surface area (Å²) in [5, 5.41) is 0. The first-order chi connectivity index (χ1) is 10.8. The van der Waals surface area contributed by atoms with Gasteiger partial charge in [0.1, 0.15) is 11.5 Å². The zero-order valence-electron chi connectivity index (χ0n) is 11.8. The number of carbonyl (C=O) groups is 1. The molecule has 0 bridgehead atoms. The maximum atomic E-state index is 11.8. The number of hydrogen-bond donors (Lipinski definition) is 0. The molecule has 0 aliphatic heterocycles. The second kappa shape index (κ2) is 6.59. The maximum absolute atomic E-state index is 11.8. The van der Waals surface area contributed by atoms with Gasteiger partial charge in [-0.3, -0.25) is 0 Å². The number of rotatable bonds is 3. The Kier molecular flexibility index (Phi) is 4.16. The van der Waals surface area contributed by atoms with Gasteiger partial charge in [0.15, 0.2) is 0 Å². The highest BCUT2D eigenvalue weighted by molar-refractivity contribution is 5.70. The molecule has 0 spiro atoms. The zero-order valence-corrected chi connectivity index (χ0v) is 11.8. The van der Waals surface area contributed by atoms with Crippen LogP contribution >= 0.6 is 0 Å². The third-order valence-corrected chi connectivity index (χ3v) is 3.09. The van der Waals surface area contributed by atoms with E-state index < -0.39 is 6.16 Å². The highest BCUT2D eigenvalue weighted by Gasteiger charge is 2.08. The van der Waals surface area contributed by atoms with Crippen molar-refractivity contribution in [1.29, 1.82) is 0 Å². The minimum Gasteiger partial charge on any atom is -0.395 e. The predicted molar refractivity (Wildman–Crippen MR) is 85.0 cm³/mol. The summed E-state index contributed by atoms with van der Waals surface area (Å²) in [6.45, 7) is 0. The molecule has 0 aliphatic rings. The molecule has 3 heteroatoms. The van der Waals surface area contributed by atoms with Crippen molar-refractivity contribution in [2.45, 2.75) is 0 Å². The van der Waals surface area contributed by atoms with Gasteiger partial charge >= 0.3 is 6.16 Å². The van der Waals surface area contributed by atoms with E-state index in [0.29, 0.717) is 11.5 Å². The first kappa shape index (κ1) is 13.9. The molecule has 0 atom stereocenters. The van der Waals surface area contributed by atoms with Crippen molar-refractivity contribution < 1.29 is 14.3 Å². The van der Waals surface area contributed by atoms with Crippen LogP contribution in [0.5, 0.6) is 11.5 Å². The normalized spacial score (nSPS) is 10.0. The summed E-state index contributed by atoms with van der Waals surface area (Å²) in [5.41, 5.74) is 2.04. The zero-order chi connectivity index (χ0) is 15.2. The van der Waals surface area contributed by atoms with Crippen molar-refractivity contribution >= 4 is 6.16 Å². The Balaban J connectivity index is 1.72. The van der Waals surface area contributed by atoms with Crippen LogP contribution in [0, 0.1) is 0 Å². The Morgan fingerprint density at radius 2 is 1.14 bits per heavy atom. The fourth-order valence-electron chi connectivity index (χ4n) is 2.07. The molecule has 22 heavy (non-hydrogen) atoms. The molecule has 3 rings (SSSR count). The molecule has 0 saturated carbocycles. The van der Waals surface area contributed by atoms with Gasteiger partial charge in [0.25, 0.3) is 0 Å². The highest BCUT2D eigenvalue weighted by atomic mass is 16.7. The largest absolute Gasteiger partial charge is 0.519 e. The Morgan fingerprint density at radius 1 is 0.591 bits per heavy atom. The summed E-state index contributed by atoms with van der Waals surface area (Å²) in [6.07, 6.45) is -0.753. The van der Waals surface area contributed by atoms with E-state index in [4.69, 9.17) is 9.47 Å². The molecule has 108 valence electrons. The van der Waals surface area contributed by atoms with Crippen LogP contribution < -0.4 is 9.47 Å². The lowest BCUT2D eigenvalue weighted by Gasteiger charge is -2.07. The second-order valence-electron chi connectivity index (χ2n) is 4.66. The van der Waals surface area contributed by atoms with Crippen LogP contribution in [-0.4, -0.2) is 6.16 Å². The Hall–Kier alpha value is -3.07. The van der Waals surface area contributed by atoms with E-state index in [0.717, 1.165) is 11.1 Å². The molecule has 0 radical (unpaired) electrons. The van der Waals surface area contributed by atoms with Crippen LogP contribution in [0.1, 0.15) is 0 Å². The van der Waals surface area contributed by atoms with Gasteiger partial charge in [-0.25, -0.2) is 4.79 Å². The van der Waals surface area contributed by atoms with Crippen molar-refractivity contribution in [3.05, 3.63) is 84.9 Å². The van der Waals surface area contributed by atoms with E-state index in [1.807, 2.05) is 54.6 Å². The van der Waals surface area contributed by atoms with Gasteiger partial charge in [0.2, 0.25) is 0 Å². The molecule has 0 saturated heterocycles. The number of ether oxygens (including phenoxy) is 2. The molecule has 3 aromatic carbocycles. The fourth-order valence-corrected chi connectivity index (χ4v) is 2.07. The van der Waals surface area contributed by atoms with E-state index in [1.165, 1.54) is 0 Å². The lowest BCUT2D eigenvalue weighted by molar-refractivity contribution is 0.152. The quantitative estimate of drug-likeness (QED) is 0.506.